The number of hydrogen-bond donors (Lipinski definition) is 2. The monoisotopic (exact) mass is 344 g/mol. The van der Waals surface area contributed by atoms with Crippen LogP contribution in [0, 0.1) is 5.92 Å². The summed E-state index contributed by atoms with van der Waals surface area (Å²) in [7, 11) is 0. The Morgan fingerprint density at radius 1 is 1.12 bits per heavy atom. The van der Waals surface area contributed by atoms with E-state index in [1.165, 1.54) is 0 Å². The van der Waals surface area contributed by atoms with Crippen LogP contribution in [0.1, 0.15) is 60.9 Å². The molecule has 1 aliphatic heterocycles. The Kier molecular flexibility index (Phi) is 5.74. The summed E-state index contributed by atoms with van der Waals surface area (Å²) in [6.07, 6.45) is 6.73. The molecule has 25 heavy (non-hydrogen) atoms. The number of aliphatic hydroxyl groups is 1. The van der Waals surface area contributed by atoms with Crippen LogP contribution in [0.15, 0.2) is 24.3 Å². The number of rotatable bonds is 5. The lowest BCUT2D eigenvalue weighted by Crippen LogP contribution is -2.45. The van der Waals surface area contributed by atoms with Crippen LogP contribution >= 0.6 is 0 Å². The third-order valence-electron chi connectivity index (χ3n) is 5.79. The van der Waals surface area contributed by atoms with Crippen molar-refractivity contribution in [1.82, 2.24) is 4.90 Å². The van der Waals surface area contributed by atoms with E-state index >= 15 is 0 Å². The number of aryl methyl sites for hydroxylation is 1. The van der Waals surface area contributed by atoms with Crippen molar-refractivity contribution in [3.63, 3.8) is 0 Å². The average Bonchev–Trinajstić information content (AvgIpc) is 3.09. The van der Waals surface area contributed by atoms with Gasteiger partial charge in [-0.15, -0.1) is 0 Å². The standard InChI is InChI=1S/C20H28N2O3/c21-20(25)15-7-2-1-6-14(15)11-12-19(24)22-13-5-9-17(22)16-8-3-4-10-18(16)23/h1-2,6-7,16-18,23H,3-5,8-13H2,(H2,21,25). The maximum absolute atomic E-state index is 12.8. The molecule has 2 aliphatic rings. The summed E-state index contributed by atoms with van der Waals surface area (Å²) in [5, 5.41) is 10.3. The summed E-state index contributed by atoms with van der Waals surface area (Å²) in [6, 6.07) is 7.39. The fourth-order valence-electron chi connectivity index (χ4n) is 4.50. The summed E-state index contributed by atoms with van der Waals surface area (Å²) in [6.45, 7) is 0.782. The molecule has 3 atom stereocenters. The zero-order valence-electron chi connectivity index (χ0n) is 14.7. The van der Waals surface area contributed by atoms with E-state index in [-0.39, 0.29) is 24.0 Å². The van der Waals surface area contributed by atoms with Crippen LogP contribution in [-0.4, -0.2) is 40.5 Å². The smallest absolute Gasteiger partial charge is 0.248 e. The van der Waals surface area contributed by atoms with Crippen LogP contribution < -0.4 is 5.73 Å². The van der Waals surface area contributed by atoms with Gasteiger partial charge in [-0.1, -0.05) is 31.0 Å². The van der Waals surface area contributed by atoms with Crippen molar-refractivity contribution in [2.75, 3.05) is 6.54 Å². The number of hydrogen-bond acceptors (Lipinski definition) is 3. The van der Waals surface area contributed by atoms with Gasteiger partial charge in [0.25, 0.3) is 0 Å². The Balaban J connectivity index is 1.63. The highest BCUT2D eigenvalue weighted by molar-refractivity contribution is 5.94. The third kappa shape index (κ3) is 4.03. The number of aliphatic hydroxyl groups excluding tert-OH is 1. The zero-order valence-corrected chi connectivity index (χ0v) is 14.7. The second kappa shape index (κ2) is 8.00. The highest BCUT2D eigenvalue weighted by Crippen LogP contribution is 2.35. The van der Waals surface area contributed by atoms with Crippen molar-refractivity contribution in [3.8, 4) is 0 Å². The minimum Gasteiger partial charge on any atom is -0.393 e. The molecule has 5 heteroatoms. The lowest BCUT2D eigenvalue weighted by molar-refractivity contribution is -0.134. The Morgan fingerprint density at radius 2 is 1.88 bits per heavy atom. The van der Waals surface area contributed by atoms with E-state index in [0.29, 0.717) is 18.4 Å². The first-order valence-electron chi connectivity index (χ1n) is 9.43. The van der Waals surface area contributed by atoms with Crippen molar-refractivity contribution in [3.05, 3.63) is 35.4 Å². The molecule has 0 radical (unpaired) electrons. The molecule has 136 valence electrons. The number of primary amides is 1. The van der Waals surface area contributed by atoms with E-state index in [1.54, 1.807) is 12.1 Å². The van der Waals surface area contributed by atoms with Crippen molar-refractivity contribution >= 4 is 11.8 Å². The van der Waals surface area contributed by atoms with Crippen LogP contribution in [0.2, 0.25) is 0 Å². The summed E-state index contributed by atoms with van der Waals surface area (Å²) >= 11 is 0. The number of amides is 2. The second-order valence-corrected chi connectivity index (χ2v) is 7.33. The fraction of sp³-hybridized carbons (Fsp3) is 0.600. The van der Waals surface area contributed by atoms with E-state index in [0.717, 1.165) is 50.6 Å². The number of likely N-dealkylation sites (tertiary alicyclic amines) is 1. The quantitative estimate of drug-likeness (QED) is 0.859. The highest BCUT2D eigenvalue weighted by Gasteiger charge is 2.38. The van der Waals surface area contributed by atoms with Gasteiger partial charge in [-0.3, -0.25) is 9.59 Å². The van der Waals surface area contributed by atoms with Crippen LogP contribution in [-0.2, 0) is 11.2 Å². The molecule has 1 heterocycles. The molecule has 0 aromatic heterocycles. The van der Waals surface area contributed by atoms with Gasteiger partial charge in [0.15, 0.2) is 0 Å². The molecule has 3 rings (SSSR count). The largest absolute Gasteiger partial charge is 0.393 e. The van der Waals surface area contributed by atoms with Crippen LogP contribution in [0.5, 0.6) is 0 Å². The number of nitrogens with zero attached hydrogens (tertiary/aromatic N) is 1. The SMILES string of the molecule is NC(=O)c1ccccc1CCC(=O)N1CCCC1C1CCCCC1O. The molecule has 3 unspecified atom stereocenters. The number of carbonyl (C=O) groups is 2. The molecule has 2 amide bonds. The molecular weight excluding hydrogens is 316 g/mol. The molecule has 0 bridgehead atoms. The molecule has 1 aliphatic carbocycles. The Hall–Kier alpha value is -1.88. The Labute approximate surface area is 149 Å². The predicted octanol–water partition coefficient (Wildman–Crippen LogP) is 2.26. The molecule has 1 aromatic carbocycles. The number of nitrogens with two attached hydrogens (primary N) is 1. The second-order valence-electron chi connectivity index (χ2n) is 7.33. The van der Waals surface area contributed by atoms with Crippen molar-refractivity contribution in [1.29, 1.82) is 0 Å². The van der Waals surface area contributed by atoms with E-state index in [4.69, 9.17) is 5.73 Å². The maximum atomic E-state index is 12.8. The highest BCUT2D eigenvalue weighted by atomic mass is 16.3. The van der Waals surface area contributed by atoms with Gasteiger partial charge in [-0.25, -0.2) is 0 Å². The topological polar surface area (TPSA) is 83.6 Å². The van der Waals surface area contributed by atoms with Crippen molar-refractivity contribution < 1.29 is 14.7 Å². The lowest BCUT2D eigenvalue weighted by Gasteiger charge is -2.37. The molecule has 1 saturated carbocycles. The van der Waals surface area contributed by atoms with Crippen LogP contribution in [0.4, 0.5) is 0 Å². The molecule has 0 spiro atoms. The minimum absolute atomic E-state index is 0.125. The van der Waals surface area contributed by atoms with Crippen molar-refractivity contribution in [2.45, 2.75) is 63.5 Å². The van der Waals surface area contributed by atoms with E-state index in [2.05, 4.69) is 0 Å². The predicted molar refractivity (Wildman–Crippen MR) is 96.0 cm³/mol. The molecule has 3 N–H and O–H groups in total. The molecule has 5 nitrogen and oxygen atoms in total. The maximum Gasteiger partial charge on any atom is 0.248 e. The van der Waals surface area contributed by atoms with Gasteiger partial charge in [0.2, 0.25) is 11.8 Å². The van der Waals surface area contributed by atoms with Gasteiger partial charge in [0, 0.05) is 30.5 Å². The summed E-state index contributed by atoms with van der Waals surface area (Å²) in [5.41, 5.74) is 6.74. The van der Waals surface area contributed by atoms with Gasteiger partial charge in [-0.2, -0.15) is 0 Å². The summed E-state index contributed by atoms with van der Waals surface area (Å²) < 4.78 is 0. The average molecular weight is 344 g/mol. The number of carbonyl (C=O) groups excluding carboxylic acids is 2. The summed E-state index contributed by atoms with van der Waals surface area (Å²) in [5.74, 6) is -0.106. The molecular formula is C20H28N2O3. The minimum atomic E-state index is -0.451. The lowest BCUT2D eigenvalue weighted by atomic mass is 9.80. The first-order valence-corrected chi connectivity index (χ1v) is 9.43. The van der Waals surface area contributed by atoms with Gasteiger partial charge >= 0.3 is 0 Å². The molecule has 1 saturated heterocycles. The first kappa shape index (κ1) is 17.9. The van der Waals surface area contributed by atoms with E-state index in [1.807, 2.05) is 17.0 Å². The van der Waals surface area contributed by atoms with Gasteiger partial charge in [0.05, 0.1) is 6.10 Å². The Morgan fingerprint density at radius 3 is 2.64 bits per heavy atom. The normalized spacial score (nSPS) is 26.6. The first-order chi connectivity index (χ1) is 12.1. The summed E-state index contributed by atoms with van der Waals surface area (Å²) in [4.78, 5) is 26.3. The van der Waals surface area contributed by atoms with Gasteiger partial charge < -0.3 is 15.7 Å². The van der Waals surface area contributed by atoms with Crippen LogP contribution in [0.3, 0.4) is 0 Å². The fourth-order valence-corrected chi connectivity index (χ4v) is 4.50. The third-order valence-corrected chi connectivity index (χ3v) is 5.79. The van der Waals surface area contributed by atoms with E-state index < -0.39 is 5.91 Å². The molecule has 2 fully saturated rings. The van der Waals surface area contributed by atoms with Gasteiger partial charge in [-0.05, 0) is 43.7 Å². The Bertz CT molecular complexity index is 631. The van der Waals surface area contributed by atoms with E-state index in [9.17, 15) is 14.7 Å². The molecule has 1 aromatic rings. The van der Waals surface area contributed by atoms with Gasteiger partial charge in [0.1, 0.15) is 0 Å². The zero-order chi connectivity index (χ0) is 17.8. The van der Waals surface area contributed by atoms with Crippen LogP contribution in [0.25, 0.3) is 0 Å². The van der Waals surface area contributed by atoms with Crippen molar-refractivity contribution in [2.24, 2.45) is 11.7 Å². The number of benzene rings is 1.